The van der Waals surface area contributed by atoms with Gasteiger partial charge in [0.1, 0.15) is 6.04 Å². The first-order valence-electron chi connectivity index (χ1n) is 5.73. The van der Waals surface area contributed by atoms with Crippen molar-refractivity contribution >= 4 is 23.5 Å². The molecule has 0 bridgehead atoms. The number of likely N-dealkylation sites (N-methyl/N-ethyl adjacent to an activating group) is 1. The monoisotopic (exact) mass is 267 g/mol. The van der Waals surface area contributed by atoms with Crippen LogP contribution in [-0.2, 0) is 11.3 Å². The third kappa shape index (κ3) is 2.06. The Hall–Kier alpha value is -1.62. The highest BCUT2D eigenvalue weighted by molar-refractivity contribution is 6.31. The molecule has 0 saturated carbocycles. The lowest BCUT2D eigenvalue weighted by molar-refractivity contribution is -0.128. The molecule has 0 aliphatic carbocycles. The van der Waals surface area contributed by atoms with Crippen molar-refractivity contribution < 1.29 is 9.59 Å². The molecule has 1 atom stereocenters. The van der Waals surface area contributed by atoms with Crippen LogP contribution < -0.4 is 0 Å². The maximum atomic E-state index is 12.1. The van der Waals surface area contributed by atoms with E-state index < -0.39 is 0 Å². The van der Waals surface area contributed by atoms with Gasteiger partial charge in [0.2, 0.25) is 0 Å². The third-order valence-electron chi connectivity index (χ3n) is 3.08. The average Bonchev–Trinajstić information content (AvgIpc) is 2.56. The Balaban J connectivity index is 2.23. The Labute approximate surface area is 110 Å². The molecule has 0 radical (unpaired) electrons. The first-order chi connectivity index (χ1) is 8.56. The predicted octanol–water partition coefficient (Wildman–Crippen LogP) is 1.91. The van der Waals surface area contributed by atoms with Crippen LogP contribution in [0.25, 0.3) is 0 Å². The summed E-state index contributed by atoms with van der Waals surface area (Å²) in [7, 11) is 1.63. The van der Waals surface area contributed by atoms with Crippen molar-refractivity contribution in [3.05, 3.63) is 29.0 Å². The minimum atomic E-state index is -0.375. The average molecular weight is 268 g/mol. The zero-order valence-corrected chi connectivity index (χ0v) is 11.0. The largest absolute Gasteiger partial charge is 0.327 e. The van der Waals surface area contributed by atoms with Gasteiger partial charge in [0.05, 0.1) is 17.3 Å². The van der Waals surface area contributed by atoms with E-state index in [1.807, 2.05) is 6.92 Å². The highest BCUT2D eigenvalue weighted by atomic mass is 35.5. The second-order valence-electron chi connectivity index (χ2n) is 4.17. The summed E-state index contributed by atoms with van der Waals surface area (Å²) in [6.45, 7) is 2.00. The second-order valence-corrected chi connectivity index (χ2v) is 4.58. The quantitative estimate of drug-likeness (QED) is 0.786. The van der Waals surface area contributed by atoms with Gasteiger partial charge in [-0.15, -0.1) is 0 Å². The molecule has 2 heterocycles. The number of nitrogens with zero attached hydrogens (tertiary/aromatic N) is 3. The lowest BCUT2D eigenvalue weighted by atomic mass is 10.2. The fourth-order valence-electron chi connectivity index (χ4n) is 2.04. The molecule has 18 heavy (non-hydrogen) atoms. The number of hydrogen-bond acceptors (Lipinski definition) is 3. The van der Waals surface area contributed by atoms with Gasteiger partial charge in [0, 0.05) is 13.2 Å². The summed E-state index contributed by atoms with van der Waals surface area (Å²) < 4.78 is 0. The predicted molar refractivity (Wildman–Crippen MR) is 67.0 cm³/mol. The molecule has 2 rings (SSSR count). The van der Waals surface area contributed by atoms with Crippen LogP contribution in [0.15, 0.2) is 18.3 Å². The third-order valence-corrected chi connectivity index (χ3v) is 3.42. The first-order valence-corrected chi connectivity index (χ1v) is 6.11. The van der Waals surface area contributed by atoms with Gasteiger partial charge in [-0.3, -0.25) is 14.7 Å². The van der Waals surface area contributed by atoms with Gasteiger partial charge in [0.15, 0.2) is 0 Å². The Morgan fingerprint density at radius 2 is 2.17 bits per heavy atom. The van der Waals surface area contributed by atoms with Crippen LogP contribution in [0.2, 0.25) is 5.02 Å². The molecule has 1 unspecified atom stereocenters. The van der Waals surface area contributed by atoms with Crippen molar-refractivity contribution in [1.29, 1.82) is 0 Å². The normalized spacial score (nSPS) is 19.8. The van der Waals surface area contributed by atoms with E-state index in [4.69, 9.17) is 11.6 Å². The van der Waals surface area contributed by atoms with E-state index in [9.17, 15) is 9.59 Å². The second kappa shape index (κ2) is 4.94. The number of halogens is 1. The zero-order valence-electron chi connectivity index (χ0n) is 10.3. The lowest BCUT2D eigenvalue weighted by Gasteiger charge is -2.14. The molecule has 1 fully saturated rings. The van der Waals surface area contributed by atoms with Crippen molar-refractivity contribution in [2.75, 3.05) is 7.05 Å². The summed E-state index contributed by atoms with van der Waals surface area (Å²) in [5, 5.41) is 0.459. The van der Waals surface area contributed by atoms with E-state index in [0.717, 1.165) is 0 Å². The SMILES string of the molecule is CCC1C(=O)N(Cc2ncccc2Cl)C(=O)N1C. The number of imide groups is 1. The Morgan fingerprint density at radius 3 is 2.72 bits per heavy atom. The fraction of sp³-hybridized carbons (Fsp3) is 0.417. The van der Waals surface area contributed by atoms with Crippen LogP contribution >= 0.6 is 11.6 Å². The van der Waals surface area contributed by atoms with Gasteiger partial charge in [-0.05, 0) is 18.6 Å². The molecule has 96 valence electrons. The van der Waals surface area contributed by atoms with Crippen molar-refractivity contribution in [1.82, 2.24) is 14.8 Å². The van der Waals surface area contributed by atoms with Crippen LogP contribution in [0.5, 0.6) is 0 Å². The first kappa shape index (κ1) is 12.8. The van der Waals surface area contributed by atoms with Gasteiger partial charge in [-0.2, -0.15) is 0 Å². The van der Waals surface area contributed by atoms with Crippen molar-refractivity contribution in [2.45, 2.75) is 25.9 Å². The van der Waals surface area contributed by atoms with Crippen molar-refractivity contribution in [3.8, 4) is 0 Å². The number of urea groups is 1. The standard InChI is InChI=1S/C12H14ClN3O2/c1-3-10-11(17)16(12(18)15(10)2)7-9-8(13)5-4-6-14-9/h4-6,10H,3,7H2,1-2H3. The lowest BCUT2D eigenvalue weighted by Crippen LogP contribution is -2.31. The molecule has 0 spiro atoms. The summed E-state index contributed by atoms with van der Waals surface area (Å²) in [5.41, 5.74) is 0.533. The van der Waals surface area contributed by atoms with Crippen LogP contribution in [-0.4, -0.2) is 39.8 Å². The van der Waals surface area contributed by atoms with E-state index in [1.54, 1.807) is 25.4 Å². The van der Waals surface area contributed by atoms with Gasteiger partial charge in [-0.1, -0.05) is 18.5 Å². The van der Waals surface area contributed by atoms with Crippen molar-refractivity contribution in [3.63, 3.8) is 0 Å². The number of amides is 3. The molecular weight excluding hydrogens is 254 g/mol. The Bertz CT molecular complexity index is 492. The number of carbonyl (C=O) groups excluding carboxylic acids is 2. The molecule has 1 aromatic heterocycles. The molecule has 0 aromatic carbocycles. The van der Waals surface area contributed by atoms with E-state index in [0.29, 0.717) is 17.1 Å². The number of pyridine rings is 1. The highest BCUT2D eigenvalue weighted by Gasteiger charge is 2.42. The summed E-state index contributed by atoms with van der Waals surface area (Å²) >= 11 is 5.98. The van der Waals surface area contributed by atoms with E-state index in [1.165, 1.54) is 9.80 Å². The van der Waals surface area contributed by atoms with E-state index >= 15 is 0 Å². The number of rotatable bonds is 3. The summed E-state index contributed by atoms with van der Waals surface area (Å²) in [5.74, 6) is -0.188. The van der Waals surface area contributed by atoms with Crippen LogP contribution in [0, 0.1) is 0 Å². The van der Waals surface area contributed by atoms with E-state index in [2.05, 4.69) is 4.98 Å². The van der Waals surface area contributed by atoms with Gasteiger partial charge < -0.3 is 4.90 Å². The summed E-state index contributed by atoms with van der Waals surface area (Å²) in [6.07, 6.45) is 2.20. The van der Waals surface area contributed by atoms with Gasteiger partial charge in [0.25, 0.3) is 5.91 Å². The molecule has 0 N–H and O–H groups in total. The summed E-state index contributed by atoms with van der Waals surface area (Å²) in [6, 6.07) is 2.73. The van der Waals surface area contributed by atoms with Crippen LogP contribution in [0.1, 0.15) is 19.0 Å². The zero-order chi connectivity index (χ0) is 13.3. The molecular formula is C12H14ClN3O2. The number of aromatic nitrogens is 1. The molecule has 1 aliphatic heterocycles. The maximum absolute atomic E-state index is 12.1. The maximum Gasteiger partial charge on any atom is 0.327 e. The van der Waals surface area contributed by atoms with Gasteiger partial charge >= 0.3 is 6.03 Å². The van der Waals surface area contributed by atoms with Crippen LogP contribution in [0.3, 0.4) is 0 Å². The fourth-order valence-corrected chi connectivity index (χ4v) is 2.22. The molecule has 1 aromatic rings. The number of carbonyl (C=O) groups is 2. The smallest absolute Gasteiger partial charge is 0.315 e. The molecule has 5 nitrogen and oxygen atoms in total. The minimum absolute atomic E-state index is 0.123. The topological polar surface area (TPSA) is 53.5 Å². The minimum Gasteiger partial charge on any atom is -0.315 e. The van der Waals surface area contributed by atoms with E-state index in [-0.39, 0.29) is 24.5 Å². The van der Waals surface area contributed by atoms with Crippen LogP contribution in [0.4, 0.5) is 4.79 Å². The van der Waals surface area contributed by atoms with Gasteiger partial charge in [-0.25, -0.2) is 4.79 Å². The van der Waals surface area contributed by atoms with Crippen molar-refractivity contribution in [2.24, 2.45) is 0 Å². The summed E-state index contributed by atoms with van der Waals surface area (Å²) in [4.78, 5) is 30.8. The molecule has 3 amide bonds. The Morgan fingerprint density at radius 1 is 1.44 bits per heavy atom. The number of hydrogen-bond donors (Lipinski definition) is 0. The molecule has 1 saturated heterocycles. The molecule has 6 heteroatoms. The molecule has 1 aliphatic rings. The Kier molecular flexibility index (Phi) is 3.52. The highest BCUT2D eigenvalue weighted by Crippen LogP contribution is 2.22.